The van der Waals surface area contributed by atoms with Crippen LogP contribution in [0.25, 0.3) is 0 Å². The smallest absolute Gasteiger partial charge is 0.307 e. The fourth-order valence-corrected chi connectivity index (χ4v) is 5.87. The average Bonchev–Trinajstić information content (AvgIpc) is 3.18. The molecule has 2 N–H and O–H groups in total. The van der Waals surface area contributed by atoms with E-state index in [0.29, 0.717) is 25.5 Å². The third-order valence-electron chi connectivity index (χ3n) is 5.71. The SMILES string of the molecule is O=C(Nc1c2c(cc3c1CCC3)CCC2)NS(=O)(=O)C1CN(CCCl)C1.[K]. The predicted molar refractivity (Wildman–Crippen MR) is 108 cm³/mol. The molecule has 2 amide bonds. The number of aryl methyl sites for hydroxylation is 2. The van der Waals surface area contributed by atoms with Gasteiger partial charge in [-0.1, -0.05) is 6.07 Å². The molecule has 0 saturated carbocycles. The van der Waals surface area contributed by atoms with Gasteiger partial charge in [0.15, 0.2) is 0 Å². The normalized spacial score (nSPS) is 19.0. The molecule has 0 atom stereocenters. The van der Waals surface area contributed by atoms with E-state index < -0.39 is 21.3 Å². The molecule has 1 aromatic carbocycles. The molecular formula is C18H24ClKN3O3S. The number of halogens is 1. The Balaban J connectivity index is 0.00000210. The Bertz CT molecular complexity index is 808. The van der Waals surface area contributed by atoms with Crippen molar-refractivity contribution in [2.24, 2.45) is 0 Å². The van der Waals surface area contributed by atoms with E-state index >= 15 is 0 Å². The number of alkyl halides is 1. The minimum atomic E-state index is -3.67. The van der Waals surface area contributed by atoms with Crippen LogP contribution >= 0.6 is 11.6 Å². The zero-order valence-electron chi connectivity index (χ0n) is 15.7. The number of rotatable bonds is 5. The van der Waals surface area contributed by atoms with Gasteiger partial charge < -0.3 is 5.32 Å². The number of hydrogen-bond acceptors (Lipinski definition) is 4. The number of sulfonamides is 1. The molecule has 143 valence electrons. The van der Waals surface area contributed by atoms with Crippen molar-refractivity contribution in [1.82, 2.24) is 9.62 Å². The van der Waals surface area contributed by atoms with Gasteiger partial charge in [-0.05, 0) is 60.8 Å². The molecule has 1 saturated heterocycles. The number of carbonyl (C=O) groups excluding carboxylic acids is 1. The van der Waals surface area contributed by atoms with Crippen molar-refractivity contribution >= 4 is 84.7 Å². The predicted octanol–water partition coefficient (Wildman–Crippen LogP) is 1.66. The Labute approximate surface area is 208 Å². The maximum absolute atomic E-state index is 12.4. The monoisotopic (exact) mass is 436 g/mol. The van der Waals surface area contributed by atoms with Crippen LogP contribution in [0.15, 0.2) is 6.07 Å². The van der Waals surface area contributed by atoms with Crippen molar-refractivity contribution in [2.45, 2.75) is 43.8 Å². The van der Waals surface area contributed by atoms with Crippen LogP contribution in [0.2, 0.25) is 0 Å². The van der Waals surface area contributed by atoms with E-state index in [0.717, 1.165) is 44.2 Å². The van der Waals surface area contributed by atoms with Crippen LogP contribution in [0.5, 0.6) is 0 Å². The molecular weight excluding hydrogens is 413 g/mol. The second-order valence-corrected chi connectivity index (χ2v) is 9.74. The van der Waals surface area contributed by atoms with Gasteiger partial charge in [0.05, 0.1) is 0 Å². The van der Waals surface area contributed by atoms with Crippen LogP contribution in [0.1, 0.15) is 35.1 Å². The Morgan fingerprint density at radius 1 is 1.11 bits per heavy atom. The largest absolute Gasteiger partial charge is 0.332 e. The van der Waals surface area contributed by atoms with Crippen molar-refractivity contribution in [1.29, 1.82) is 0 Å². The van der Waals surface area contributed by atoms with Crippen LogP contribution in [-0.2, 0) is 35.7 Å². The Morgan fingerprint density at radius 3 is 2.26 bits per heavy atom. The topological polar surface area (TPSA) is 78.5 Å². The second-order valence-electron chi connectivity index (χ2n) is 7.41. The van der Waals surface area contributed by atoms with Crippen molar-refractivity contribution in [2.75, 3.05) is 30.8 Å². The van der Waals surface area contributed by atoms with E-state index in [2.05, 4.69) is 16.1 Å². The number of amides is 2. The zero-order chi connectivity index (χ0) is 18.3. The van der Waals surface area contributed by atoms with Gasteiger partial charge in [-0.25, -0.2) is 17.9 Å². The van der Waals surface area contributed by atoms with Crippen LogP contribution in [0.4, 0.5) is 10.5 Å². The van der Waals surface area contributed by atoms with Gasteiger partial charge in [0.1, 0.15) is 5.25 Å². The van der Waals surface area contributed by atoms with E-state index in [9.17, 15) is 13.2 Å². The van der Waals surface area contributed by atoms with E-state index in [1.165, 1.54) is 22.3 Å². The summed E-state index contributed by atoms with van der Waals surface area (Å²) >= 11 is 5.67. The molecule has 1 radical (unpaired) electrons. The number of benzene rings is 1. The molecule has 0 bridgehead atoms. The van der Waals surface area contributed by atoms with Crippen molar-refractivity contribution < 1.29 is 13.2 Å². The summed E-state index contributed by atoms with van der Waals surface area (Å²) in [6, 6.07) is 1.64. The third-order valence-corrected chi connectivity index (χ3v) is 7.52. The summed E-state index contributed by atoms with van der Waals surface area (Å²) in [4.78, 5) is 14.4. The number of fused-ring (bicyclic) bond motifs is 2. The summed E-state index contributed by atoms with van der Waals surface area (Å²) in [7, 11) is -3.67. The summed E-state index contributed by atoms with van der Waals surface area (Å²) in [5.74, 6) is 0.477. The molecule has 0 spiro atoms. The van der Waals surface area contributed by atoms with Crippen LogP contribution < -0.4 is 10.0 Å². The Morgan fingerprint density at radius 2 is 1.70 bits per heavy atom. The van der Waals surface area contributed by atoms with Crippen LogP contribution in [-0.4, -0.2) is 101 Å². The quantitative estimate of drug-likeness (QED) is 0.543. The first kappa shape index (κ1) is 22.0. The minimum absolute atomic E-state index is 0. The van der Waals surface area contributed by atoms with Crippen LogP contribution in [0.3, 0.4) is 0 Å². The molecule has 2 aliphatic carbocycles. The fraction of sp³-hybridized carbons (Fsp3) is 0.611. The molecule has 4 rings (SSSR count). The Kier molecular flexibility index (Phi) is 7.34. The van der Waals surface area contributed by atoms with Gasteiger partial charge in [0.2, 0.25) is 10.0 Å². The summed E-state index contributed by atoms with van der Waals surface area (Å²) in [6.45, 7) is 1.51. The van der Waals surface area contributed by atoms with E-state index in [4.69, 9.17) is 11.6 Å². The number of nitrogens with one attached hydrogen (secondary N) is 2. The van der Waals surface area contributed by atoms with E-state index in [1.54, 1.807) is 0 Å². The second kappa shape index (κ2) is 9.00. The number of likely N-dealkylation sites (tertiary alicyclic amines) is 1. The van der Waals surface area contributed by atoms with Gasteiger partial charge in [0.25, 0.3) is 0 Å². The molecule has 1 heterocycles. The van der Waals surface area contributed by atoms with Crippen LogP contribution in [0, 0.1) is 0 Å². The van der Waals surface area contributed by atoms with Crippen molar-refractivity contribution in [3.8, 4) is 0 Å². The molecule has 6 nitrogen and oxygen atoms in total. The average molecular weight is 437 g/mol. The fourth-order valence-electron chi connectivity index (χ4n) is 4.34. The summed E-state index contributed by atoms with van der Waals surface area (Å²) in [5.41, 5.74) is 5.85. The van der Waals surface area contributed by atoms with Gasteiger partial charge >= 0.3 is 6.03 Å². The molecule has 1 aliphatic heterocycles. The van der Waals surface area contributed by atoms with Gasteiger partial charge in [0, 0.05) is 82.6 Å². The van der Waals surface area contributed by atoms with Gasteiger partial charge in [-0.2, -0.15) is 0 Å². The van der Waals surface area contributed by atoms with Crippen molar-refractivity contribution in [3.05, 3.63) is 28.3 Å². The van der Waals surface area contributed by atoms with Crippen molar-refractivity contribution in [3.63, 3.8) is 0 Å². The standard InChI is InChI=1S/C18H24ClN3O3S.K/c19-7-8-22-10-14(11-22)26(24,25)21-18(23)20-17-15-5-1-3-12(15)9-13-4-2-6-16(13)17;/h9,14H,1-8,10-11H2,(H2,20,21,23);. The van der Waals surface area contributed by atoms with Gasteiger partial charge in [-0.15, -0.1) is 11.6 Å². The minimum Gasteiger partial charge on any atom is -0.307 e. The third kappa shape index (κ3) is 4.58. The molecule has 1 fully saturated rings. The molecule has 9 heteroatoms. The first-order valence-electron chi connectivity index (χ1n) is 9.25. The molecule has 0 aromatic heterocycles. The number of anilines is 1. The number of urea groups is 1. The maximum atomic E-state index is 12.4. The molecule has 27 heavy (non-hydrogen) atoms. The maximum Gasteiger partial charge on any atom is 0.332 e. The summed E-state index contributed by atoms with van der Waals surface area (Å²) < 4.78 is 27.0. The zero-order valence-corrected chi connectivity index (χ0v) is 20.4. The summed E-state index contributed by atoms with van der Waals surface area (Å²) in [5, 5.41) is 2.32. The molecule has 1 aromatic rings. The first-order chi connectivity index (χ1) is 12.5. The molecule has 3 aliphatic rings. The number of hydrogen-bond donors (Lipinski definition) is 2. The molecule has 0 unspecified atom stereocenters. The Hall–Kier alpha value is 0.326. The summed E-state index contributed by atoms with van der Waals surface area (Å²) in [6.07, 6.45) is 6.14. The van der Waals surface area contributed by atoms with Gasteiger partial charge in [-0.3, -0.25) is 4.90 Å². The number of nitrogens with zero attached hydrogens (tertiary/aromatic N) is 1. The first-order valence-corrected chi connectivity index (χ1v) is 11.3. The number of carbonyl (C=O) groups is 1. The van der Waals surface area contributed by atoms with E-state index in [-0.39, 0.29) is 51.4 Å². The van der Waals surface area contributed by atoms with E-state index in [1.807, 2.05) is 4.90 Å².